The van der Waals surface area contributed by atoms with Gasteiger partial charge in [-0.25, -0.2) is 4.98 Å². The van der Waals surface area contributed by atoms with Gasteiger partial charge in [0.1, 0.15) is 6.61 Å². The fraction of sp³-hybridized carbons (Fsp3) is 0.667. The molecule has 0 atom stereocenters. The topological polar surface area (TPSA) is 124 Å². The van der Waals surface area contributed by atoms with Crippen LogP contribution in [0.4, 0.5) is 5.82 Å². The van der Waals surface area contributed by atoms with E-state index in [0.29, 0.717) is 61.5 Å². The van der Waals surface area contributed by atoms with Crippen molar-refractivity contribution in [2.75, 3.05) is 45.4 Å². The summed E-state index contributed by atoms with van der Waals surface area (Å²) in [5, 5.41) is 0. The molecule has 2 rings (SSSR count). The highest BCUT2D eigenvalue weighted by molar-refractivity contribution is 9.10. The van der Waals surface area contributed by atoms with E-state index in [-0.39, 0.29) is 11.8 Å². The number of rotatable bonds is 12. The highest BCUT2D eigenvalue weighted by atomic mass is 79.9. The van der Waals surface area contributed by atoms with Crippen LogP contribution in [0.25, 0.3) is 11.2 Å². The average Bonchev–Trinajstić information content (AvgIpc) is 2.92. The summed E-state index contributed by atoms with van der Waals surface area (Å²) in [5.41, 5.74) is 6.98. The number of fused-ring (bicyclic) bond motifs is 1. The first-order valence-corrected chi connectivity index (χ1v) is 11.1. The summed E-state index contributed by atoms with van der Waals surface area (Å²) in [6.07, 6.45) is 0.837. The molecule has 27 heavy (non-hydrogen) atoms. The van der Waals surface area contributed by atoms with E-state index in [2.05, 4.69) is 30.9 Å². The van der Waals surface area contributed by atoms with Crippen molar-refractivity contribution in [2.24, 2.45) is 0 Å². The van der Waals surface area contributed by atoms with Crippen LogP contribution in [-0.2, 0) is 24.9 Å². The maximum atomic E-state index is 12.6. The molecular weight excluding hydrogens is 441 g/mol. The number of nitrogens with zero attached hydrogens (tertiary/aromatic N) is 4. The summed E-state index contributed by atoms with van der Waals surface area (Å²) in [4.78, 5) is 12.8. The Labute approximate surface area is 166 Å². The molecule has 2 N–H and O–H groups in total. The first-order valence-electron chi connectivity index (χ1n) is 8.63. The Balaban J connectivity index is 2.17. The summed E-state index contributed by atoms with van der Waals surface area (Å²) in [7, 11) is -1.52. The predicted molar refractivity (Wildman–Crippen MR) is 105 cm³/mol. The number of imidazole rings is 1. The second kappa shape index (κ2) is 10.3. The summed E-state index contributed by atoms with van der Waals surface area (Å²) in [6, 6.07) is 0.153. The lowest BCUT2D eigenvalue weighted by atomic mass is 10.4. The highest BCUT2D eigenvalue weighted by Crippen LogP contribution is 2.48. The van der Waals surface area contributed by atoms with Crippen LogP contribution in [0.1, 0.15) is 20.3 Å². The van der Waals surface area contributed by atoms with E-state index in [1.165, 1.54) is 0 Å². The predicted octanol–water partition coefficient (Wildman–Crippen LogP) is 2.85. The maximum Gasteiger partial charge on any atom is 0.330 e. The lowest BCUT2D eigenvalue weighted by Gasteiger charge is -2.17. The van der Waals surface area contributed by atoms with Crippen LogP contribution in [0.3, 0.4) is 0 Å². The van der Waals surface area contributed by atoms with E-state index in [0.717, 1.165) is 0 Å². The van der Waals surface area contributed by atoms with Crippen LogP contribution < -0.4 is 10.5 Å². The van der Waals surface area contributed by atoms with Gasteiger partial charge in [-0.15, -0.1) is 0 Å². The molecule has 10 nitrogen and oxygen atoms in total. The number of hydrogen-bond acceptors (Lipinski definition) is 9. The van der Waals surface area contributed by atoms with Gasteiger partial charge in [-0.3, -0.25) is 4.57 Å². The number of nitrogen functional groups attached to an aromatic ring is 1. The number of methoxy groups -OCH3 is 1. The largest absolute Gasteiger partial charge is 0.461 e. The van der Waals surface area contributed by atoms with E-state index in [9.17, 15) is 4.57 Å². The van der Waals surface area contributed by atoms with Crippen molar-refractivity contribution >= 4 is 40.5 Å². The van der Waals surface area contributed by atoms with E-state index < -0.39 is 7.60 Å². The Bertz CT molecular complexity index is 792. The molecule has 0 aromatic carbocycles. The van der Waals surface area contributed by atoms with Crippen molar-refractivity contribution in [3.8, 4) is 6.01 Å². The molecule has 0 aliphatic heterocycles. The molecule has 0 saturated heterocycles. The van der Waals surface area contributed by atoms with Crippen molar-refractivity contribution < 1.29 is 23.1 Å². The molecule has 0 fully saturated rings. The first kappa shape index (κ1) is 22.0. The number of halogens is 1. The minimum atomic E-state index is -3.10. The van der Waals surface area contributed by atoms with Crippen LogP contribution >= 0.6 is 23.5 Å². The molecule has 0 spiro atoms. The van der Waals surface area contributed by atoms with Crippen LogP contribution in [0.2, 0.25) is 0 Å². The van der Waals surface area contributed by atoms with E-state index in [1.807, 2.05) is 4.57 Å². The van der Waals surface area contributed by atoms with Gasteiger partial charge < -0.3 is 28.8 Å². The van der Waals surface area contributed by atoms with Crippen LogP contribution in [-0.4, -0.2) is 59.2 Å². The molecule has 0 aliphatic carbocycles. The van der Waals surface area contributed by atoms with E-state index >= 15 is 0 Å². The van der Waals surface area contributed by atoms with Gasteiger partial charge in [-0.2, -0.15) is 9.97 Å². The van der Waals surface area contributed by atoms with Gasteiger partial charge in [-0.1, -0.05) is 0 Å². The van der Waals surface area contributed by atoms with Crippen LogP contribution in [0, 0.1) is 0 Å². The van der Waals surface area contributed by atoms with Gasteiger partial charge in [0.25, 0.3) is 0 Å². The van der Waals surface area contributed by atoms with E-state index in [4.69, 9.17) is 24.3 Å². The number of nitrogens with two attached hydrogens (primary N) is 1. The lowest BCUT2D eigenvalue weighted by molar-refractivity contribution is 0.141. The van der Waals surface area contributed by atoms with Gasteiger partial charge in [0.05, 0.1) is 26.0 Å². The number of anilines is 1. The van der Waals surface area contributed by atoms with Gasteiger partial charge in [0.15, 0.2) is 21.7 Å². The molecule has 0 unspecified atom stereocenters. The average molecular weight is 466 g/mol. The van der Waals surface area contributed by atoms with Crippen LogP contribution in [0.15, 0.2) is 4.73 Å². The summed E-state index contributed by atoms with van der Waals surface area (Å²) in [6.45, 7) is 5.46. The molecule has 2 aromatic heterocycles. The van der Waals surface area contributed by atoms with Gasteiger partial charge >= 0.3 is 13.6 Å². The van der Waals surface area contributed by atoms with Crippen molar-refractivity contribution in [2.45, 2.75) is 26.8 Å². The third-order valence-electron chi connectivity index (χ3n) is 3.54. The molecule has 0 saturated carbocycles. The molecule has 152 valence electrons. The quantitative estimate of drug-likeness (QED) is 0.286. The number of aryl methyl sites for hydroxylation is 1. The number of aromatic nitrogens is 4. The minimum Gasteiger partial charge on any atom is -0.461 e. The highest BCUT2D eigenvalue weighted by Gasteiger charge is 2.23. The third-order valence-corrected chi connectivity index (χ3v) is 6.31. The molecule has 0 bridgehead atoms. The van der Waals surface area contributed by atoms with Gasteiger partial charge in [0.2, 0.25) is 0 Å². The molecule has 0 amide bonds. The Morgan fingerprint density at radius 3 is 2.48 bits per heavy atom. The summed E-state index contributed by atoms with van der Waals surface area (Å²) >= 11 is 3.41. The Morgan fingerprint density at radius 2 is 1.85 bits per heavy atom. The van der Waals surface area contributed by atoms with Crippen molar-refractivity contribution in [3.63, 3.8) is 0 Å². The van der Waals surface area contributed by atoms with Crippen molar-refractivity contribution in [1.82, 2.24) is 19.5 Å². The van der Waals surface area contributed by atoms with Gasteiger partial charge in [-0.05, 0) is 36.2 Å². The summed E-state index contributed by atoms with van der Waals surface area (Å²) < 4.78 is 36.0. The fourth-order valence-corrected chi connectivity index (χ4v) is 4.61. The number of hydrogen-bond donors (Lipinski definition) is 1. The minimum absolute atomic E-state index is 0.153. The molecule has 0 radical (unpaired) electrons. The Kier molecular flexibility index (Phi) is 8.43. The first-order chi connectivity index (χ1) is 12.9. The molecule has 2 heterocycles. The normalized spacial score (nSPS) is 12.0. The van der Waals surface area contributed by atoms with Crippen molar-refractivity contribution in [1.29, 1.82) is 0 Å². The van der Waals surface area contributed by atoms with Gasteiger partial charge in [0, 0.05) is 13.7 Å². The zero-order valence-electron chi connectivity index (χ0n) is 15.7. The van der Waals surface area contributed by atoms with E-state index in [1.54, 1.807) is 21.0 Å². The molecule has 0 aliphatic rings. The second-order valence-corrected chi connectivity index (χ2v) is 8.36. The standard InChI is InChI=1S/C15H25BrN5O5P/c1-4-25-27(22,26-5-2)10-6-7-21-13-11(18-14(21)16)12(17)19-15(20-13)24-9-8-23-3/h4-10H2,1-3H3,(H2,17,19,20). The van der Waals surface area contributed by atoms with Crippen LogP contribution in [0.5, 0.6) is 6.01 Å². The maximum absolute atomic E-state index is 12.6. The Morgan fingerprint density at radius 1 is 1.15 bits per heavy atom. The molecular formula is C15H25BrN5O5P. The number of ether oxygens (including phenoxy) is 2. The lowest BCUT2D eigenvalue weighted by Crippen LogP contribution is -2.09. The molecule has 2 aromatic rings. The SMILES string of the molecule is CCOP(=O)(CCCn1c(Br)nc2c(N)nc(OCCOC)nc21)OCC. The summed E-state index contributed by atoms with van der Waals surface area (Å²) in [5.74, 6) is 0.223. The molecule has 12 heteroatoms. The zero-order chi connectivity index (χ0) is 19.9. The van der Waals surface area contributed by atoms with Crippen molar-refractivity contribution in [3.05, 3.63) is 4.73 Å². The zero-order valence-corrected chi connectivity index (χ0v) is 18.2. The smallest absolute Gasteiger partial charge is 0.330 e. The fourth-order valence-electron chi connectivity index (χ4n) is 2.44. The third kappa shape index (κ3) is 5.86. The second-order valence-electron chi connectivity index (χ2n) is 5.46. The Hall–Kier alpha value is -1.26. The monoisotopic (exact) mass is 465 g/mol.